The molecule has 0 saturated heterocycles. The zero-order chi connectivity index (χ0) is 32.6. The lowest BCUT2D eigenvalue weighted by atomic mass is 10.0. The second-order valence-corrected chi connectivity index (χ2v) is 14.8. The molecule has 1 atom stereocenters. The first-order valence-electron chi connectivity index (χ1n) is 21.1. The fourth-order valence-electron chi connectivity index (χ4n) is 7.43. The van der Waals surface area contributed by atoms with Gasteiger partial charge in [-0.3, -0.25) is 0 Å². The van der Waals surface area contributed by atoms with E-state index in [1.807, 2.05) is 0 Å². The Kier molecular flexibility index (Phi) is 27.3. The monoisotopic (exact) mass is 637 g/mol. The molecular weight excluding hydrogens is 556 g/mol. The lowest BCUT2D eigenvalue weighted by molar-refractivity contribution is 0.149. The maximum Gasteiger partial charge on any atom is 0.127 e. The summed E-state index contributed by atoms with van der Waals surface area (Å²) in [5.74, 6) is 0. The maximum absolute atomic E-state index is 2.62. The number of nitrogens with zero attached hydrogens (tertiary/aromatic N) is 2. The van der Waals surface area contributed by atoms with Crippen LogP contribution in [0.25, 0.3) is 0 Å². The minimum atomic E-state index is 0.393. The van der Waals surface area contributed by atoms with E-state index in [9.17, 15) is 0 Å². The number of benzene rings is 1. The smallest absolute Gasteiger partial charge is 0.127 e. The predicted octanol–water partition coefficient (Wildman–Crippen LogP) is 14.9. The molecular formula is C44H80N2. The second-order valence-electron chi connectivity index (χ2n) is 14.8. The van der Waals surface area contributed by atoms with Crippen LogP contribution in [0.5, 0.6) is 0 Å². The van der Waals surface area contributed by atoms with Gasteiger partial charge in [-0.05, 0) is 18.4 Å². The summed E-state index contributed by atoms with van der Waals surface area (Å²) in [7, 11) is 0. The Morgan fingerprint density at radius 1 is 0.348 bits per heavy atom. The number of hydrogen-bond donors (Lipinski definition) is 0. The average Bonchev–Trinajstić information content (AvgIpc) is 3.49. The number of rotatable bonds is 34. The molecule has 0 radical (unpaired) electrons. The average molecular weight is 637 g/mol. The van der Waals surface area contributed by atoms with Crippen LogP contribution in [-0.2, 0) is 0 Å². The molecule has 2 heteroatoms. The minimum Gasteiger partial charge on any atom is -0.352 e. The van der Waals surface area contributed by atoms with E-state index in [1.165, 1.54) is 218 Å². The van der Waals surface area contributed by atoms with Gasteiger partial charge in [-0.1, -0.05) is 230 Å². The summed E-state index contributed by atoms with van der Waals surface area (Å²) >= 11 is 0. The van der Waals surface area contributed by atoms with Crippen molar-refractivity contribution in [2.75, 3.05) is 13.1 Å². The molecule has 0 fully saturated rings. The molecule has 1 aliphatic rings. The normalized spacial score (nSPS) is 14.6. The van der Waals surface area contributed by atoms with Crippen LogP contribution in [-0.4, -0.2) is 22.9 Å². The number of hydrogen-bond acceptors (Lipinski definition) is 2. The van der Waals surface area contributed by atoms with E-state index in [2.05, 4.69) is 66.4 Å². The van der Waals surface area contributed by atoms with Gasteiger partial charge in [0.05, 0.1) is 0 Å². The molecule has 0 spiro atoms. The molecule has 0 saturated carbocycles. The van der Waals surface area contributed by atoms with Crippen molar-refractivity contribution in [3.8, 4) is 0 Å². The van der Waals surface area contributed by atoms with E-state index in [-0.39, 0.29) is 0 Å². The molecule has 1 aromatic rings. The molecule has 0 bridgehead atoms. The highest BCUT2D eigenvalue weighted by atomic mass is 15.4. The molecule has 2 nitrogen and oxygen atoms in total. The van der Waals surface area contributed by atoms with Crippen LogP contribution < -0.4 is 0 Å². The highest BCUT2D eigenvalue weighted by molar-refractivity contribution is 5.21. The lowest BCUT2D eigenvalue weighted by Crippen LogP contribution is -2.32. The van der Waals surface area contributed by atoms with Crippen molar-refractivity contribution >= 4 is 0 Å². The van der Waals surface area contributed by atoms with Gasteiger partial charge in [0.25, 0.3) is 0 Å². The molecule has 266 valence electrons. The Morgan fingerprint density at radius 2 is 0.609 bits per heavy atom. The van der Waals surface area contributed by atoms with E-state index in [4.69, 9.17) is 0 Å². The largest absolute Gasteiger partial charge is 0.352 e. The molecule has 1 unspecified atom stereocenters. The van der Waals surface area contributed by atoms with Gasteiger partial charge in [0.1, 0.15) is 6.17 Å². The van der Waals surface area contributed by atoms with Gasteiger partial charge in [-0.25, -0.2) is 0 Å². The van der Waals surface area contributed by atoms with E-state index in [0.717, 1.165) is 0 Å². The Morgan fingerprint density at radius 3 is 0.891 bits per heavy atom. The van der Waals surface area contributed by atoms with Crippen LogP contribution in [0.4, 0.5) is 0 Å². The zero-order valence-corrected chi connectivity index (χ0v) is 31.3. The molecule has 0 aliphatic carbocycles. The van der Waals surface area contributed by atoms with Crippen LogP contribution in [0.1, 0.15) is 225 Å². The van der Waals surface area contributed by atoms with Crippen LogP contribution >= 0.6 is 0 Å². The molecule has 0 N–H and O–H groups in total. The van der Waals surface area contributed by atoms with E-state index in [0.29, 0.717) is 6.17 Å². The van der Waals surface area contributed by atoms with Crippen molar-refractivity contribution in [2.24, 2.45) is 0 Å². The van der Waals surface area contributed by atoms with E-state index in [1.54, 1.807) is 0 Å². The van der Waals surface area contributed by atoms with Crippen molar-refractivity contribution in [1.29, 1.82) is 0 Å². The van der Waals surface area contributed by atoms with Gasteiger partial charge in [-0.15, -0.1) is 0 Å². The van der Waals surface area contributed by atoms with E-state index < -0.39 is 0 Å². The Balaban J connectivity index is 1.46. The Labute approximate surface area is 289 Å². The van der Waals surface area contributed by atoms with Crippen molar-refractivity contribution in [1.82, 2.24) is 9.80 Å². The van der Waals surface area contributed by atoms with Gasteiger partial charge >= 0.3 is 0 Å². The number of unbranched alkanes of at least 4 members (excludes halogenated alkanes) is 29. The summed E-state index contributed by atoms with van der Waals surface area (Å²) in [6.45, 7) is 6.98. The fourth-order valence-corrected chi connectivity index (χ4v) is 7.43. The molecule has 1 aliphatic heterocycles. The molecule has 1 aromatic carbocycles. The summed E-state index contributed by atoms with van der Waals surface area (Å²) < 4.78 is 0. The molecule has 0 amide bonds. The van der Waals surface area contributed by atoms with Gasteiger partial charge in [0.15, 0.2) is 0 Å². The first-order chi connectivity index (χ1) is 22.9. The van der Waals surface area contributed by atoms with Crippen molar-refractivity contribution in [3.63, 3.8) is 0 Å². The molecule has 0 aromatic heterocycles. The third-order valence-electron chi connectivity index (χ3n) is 10.5. The lowest BCUT2D eigenvalue weighted by Gasteiger charge is -2.33. The summed E-state index contributed by atoms with van der Waals surface area (Å²) in [6.07, 6.45) is 49.6. The van der Waals surface area contributed by atoms with Crippen molar-refractivity contribution in [3.05, 3.63) is 48.3 Å². The predicted molar refractivity (Wildman–Crippen MR) is 206 cm³/mol. The van der Waals surface area contributed by atoms with Crippen LogP contribution in [0.3, 0.4) is 0 Å². The van der Waals surface area contributed by atoms with Crippen molar-refractivity contribution < 1.29 is 0 Å². The SMILES string of the molecule is CCCCCCCCCCCCCCCCCCCN1C=CN(CCCCCCCCCCCCCCCC)C1c1ccccc1. The summed E-state index contributed by atoms with van der Waals surface area (Å²) in [6, 6.07) is 11.2. The Bertz CT molecular complexity index is 773. The minimum absolute atomic E-state index is 0.393. The molecule has 1 heterocycles. The topological polar surface area (TPSA) is 6.48 Å². The first kappa shape index (κ1) is 40.7. The third-order valence-corrected chi connectivity index (χ3v) is 10.5. The van der Waals surface area contributed by atoms with Gasteiger partial charge < -0.3 is 9.80 Å². The summed E-state index contributed by atoms with van der Waals surface area (Å²) in [5, 5.41) is 0. The zero-order valence-electron chi connectivity index (χ0n) is 31.3. The van der Waals surface area contributed by atoms with Crippen molar-refractivity contribution in [2.45, 2.75) is 219 Å². The van der Waals surface area contributed by atoms with Crippen LogP contribution in [0, 0.1) is 0 Å². The molecule has 2 rings (SSSR count). The van der Waals surface area contributed by atoms with Crippen LogP contribution in [0.15, 0.2) is 42.7 Å². The highest BCUT2D eigenvalue weighted by Crippen LogP contribution is 2.31. The standard InChI is InChI=1S/C44H80N2/c1-3-5-7-9-11-13-15-17-19-20-21-23-25-27-29-31-36-40-46-42-41-45(44(46)43-37-33-32-34-38-43)39-35-30-28-26-24-22-18-16-14-12-10-8-6-4-2/h32-34,37-38,41-42,44H,3-31,35-36,39-40H2,1-2H3. The first-order valence-corrected chi connectivity index (χ1v) is 21.1. The van der Waals surface area contributed by atoms with Gasteiger partial charge in [0, 0.05) is 25.5 Å². The second kappa shape index (κ2) is 30.9. The highest BCUT2D eigenvalue weighted by Gasteiger charge is 2.26. The molecule has 46 heavy (non-hydrogen) atoms. The van der Waals surface area contributed by atoms with Gasteiger partial charge in [0.2, 0.25) is 0 Å². The van der Waals surface area contributed by atoms with Gasteiger partial charge in [-0.2, -0.15) is 0 Å². The maximum atomic E-state index is 2.62. The van der Waals surface area contributed by atoms with E-state index >= 15 is 0 Å². The third kappa shape index (κ3) is 21.4. The Hall–Kier alpha value is -1.44. The summed E-state index contributed by atoms with van der Waals surface area (Å²) in [4.78, 5) is 5.23. The fraction of sp³-hybridized carbons (Fsp3) is 0.818. The van der Waals surface area contributed by atoms with Crippen LogP contribution in [0.2, 0.25) is 0 Å². The summed E-state index contributed by atoms with van der Waals surface area (Å²) in [5.41, 5.74) is 1.45. The quantitative estimate of drug-likeness (QED) is 0.0694.